The Morgan fingerprint density at radius 1 is 1.45 bits per heavy atom. The molecule has 20 heavy (non-hydrogen) atoms. The number of piperidine rings is 1. The molecule has 2 N–H and O–H groups in total. The van der Waals surface area contributed by atoms with Crippen molar-refractivity contribution in [2.75, 3.05) is 13.1 Å². The fourth-order valence-corrected chi connectivity index (χ4v) is 4.35. The minimum absolute atomic E-state index is 0. The van der Waals surface area contributed by atoms with Gasteiger partial charge in [0, 0.05) is 22.8 Å². The second kappa shape index (κ2) is 6.92. The highest BCUT2D eigenvalue weighted by Crippen LogP contribution is 2.32. The monoisotopic (exact) mass is 314 g/mol. The van der Waals surface area contributed by atoms with E-state index in [0.717, 1.165) is 50.3 Å². The van der Waals surface area contributed by atoms with E-state index in [1.165, 1.54) is 16.9 Å². The summed E-state index contributed by atoms with van der Waals surface area (Å²) >= 11 is 1.77. The Bertz CT molecular complexity index is 468. The van der Waals surface area contributed by atoms with Crippen LogP contribution in [0.2, 0.25) is 0 Å². The lowest BCUT2D eigenvalue weighted by Crippen LogP contribution is -2.45. The summed E-state index contributed by atoms with van der Waals surface area (Å²) in [6, 6.07) is 0.305. The molecule has 0 bridgehead atoms. The highest BCUT2D eigenvalue weighted by atomic mass is 35.5. The molecule has 3 nitrogen and oxygen atoms in total. The zero-order valence-electron chi connectivity index (χ0n) is 11.9. The third-order valence-corrected chi connectivity index (χ3v) is 5.33. The normalized spacial score (nSPS) is 25.4. The molecular formula is C15H23ClN2OS. The van der Waals surface area contributed by atoms with Crippen molar-refractivity contribution in [2.45, 2.75) is 45.1 Å². The van der Waals surface area contributed by atoms with Gasteiger partial charge < -0.3 is 10.6 Å². The third-order valence-electron chi connectivity index (χ3n) is 4.28. The molecule has 112 valence electrons. The number of amides is 1. The van der Waals surface area contributed by atoms with E-state index < -0.39 is 0 Å². The van der Waals surface area contributed by atoms with E-state index in [0.29, 0.717) is 6.04 Å². The van der Waals surface area contributed by atoms with Crippen LogP contribution in [0.3, 0.4) is 0 Å². The largest absolute Gasteiger partial charge is 0.348 e. The lowest BCUT2D eigenvalue weighted by Gasteiger charge is -2.24. The summed E-state index contributed by atoms with van der Waals surface area (Å²) in [5, 5.41) is 8.59. The lowest BCUT2D eigenvalue weighted by molar-refractivity contribution is 0.0930. The van der Waals surface area contributed by atoms with Crippen molar-refractivity contribution >= 4 is 29.7 Å². The van der Waals surface area contributed by atoms with E-state index in [9.17, 15) is 4.79 Å². The summed E-state index contributed by atoms with van der Waals surface area (Å²) < 4.78 is 0. The number of nitrogens with one attached hydrogen (secondary N) is 2. The highest BCUT2D eigenvalue weighted by Gasteiger charge is 2.24. The van der Waals surface area contributed by atoms with Crippen LogP contribution in [0.4, 0.5) is 0 Å². The van der Waals surface area contributed by atoms with Crippen molar-refractivity contribution in [3.05, 3.63) is 21.4 Å². The molecule has 1 aliphatic carbocycles. The van der Waals surface area contributed by atoms with Crippen LogP contribution in [0.5, 0.6) is 0 Å². The maximum absolute atomic E-state index is 12.4. The molecule has 1 amide bonds. The van der Waals surface area contributed by atoms with Gasteiger partial charge in [0.05, 0.1) is 5.56 Å². The molecule has 1 saturated heterocycles. The van der Waals surface area contributed by atoms with Crippen LogP contribution in [-0.2, 0) is 12.8 Å². The summed E-state index contributed by atoms with van der Waals surface area (Å²) in [6.45, 7) is 4.29. The van der Waals surface area contributed by atoms with Crippen molar-refractivity contribution < 1.29 is 4.79 Å². The van der Waals surface area contributed by atoms with Gasteiger partial charge in [0.1, 0.15) is 0 Å². The smallest absolute Gasteiger partial charge is 0.252 e. The van der Waals surface area contributed by atoms with E-state index in [1.807, 2.05) is 0 Å². The second-order valence-electron chi connectivity index (χ2n) is 5.92. The summed E-state index contributed by atoms with van der Waals surface area (Å²) in [5.74, 6) is 0.908. The number of hydrogen-bond donors (Lipinski definition) is 2. The van der Waals surface area contributed by atoms with Crippen molar-refractivity contribution in [2.24, 2.45) is 5.92 Å². The molecule has 0 aromatic carbocycles. The third kappa shape index (κ3) is 3.35. The van der Waals surface area contributed by atoms with Gasteiger partial charge in [-0.15, -0.1) is 23.7 Å². The van der Waals surface area contributed by atoms with Gasteiger partial charge in [-0.3, -0.25) is 4.79 Å². The van der Waals surface area contributed by atoms with Gasteiger partial charge >= 0.3 is 0 Å². The lowest BCUT2D eigenvalue weighted by atomic mass is 9.88. The van der Waals surface area contributed by atoms with Crippen LogP contribution in [0.15, 0.2) is 5.38 Å². The zero-order chi connectivity index (χ0) is 13.2. The fourth-order valence-electron chi connectivity index (χ4n) is 3.11. The summed E-state index contributed by atoms with van der Waals surface area (Å²) in [7, 11) is 0. The van der Waals surface area contributed by atoms with Crippen LogP contribution < -0.4 is 10.6 Å². The Morgan fingerprint density at radius 2 is 2.30 bits per heavy atom. The molecular weight excluding hydrogens is 292 g/mol. The first kappa shape index (κ1) is 15.8. The number of carbonyl (C=O) groups excluding carboxylic acids is 1. The van der Waals surface area contributed by atoms with Crippen LogP contribution >= 0.6 is 23.7 Å². The first-order chi connectivity index (χ1) is 9.24. The Morgan fingerprint density at radius 3 is 3.05 bits per heavy atom. The molecule has 0 saturated carbocycles. The number of rotatable bonds is 2. The van der Waals surface area contributed by atoms with E-state index in [1.54, 1.807) is 11.3 Å². The molecule has 0 radical (unpaired) electrons. The van der Waals surface area contributed by atoms with Crippen molar-refractivity contribution in [1.29, 1.82) is 0 Å². The van der Waals surface area contributed by atoms with Gasteiger partial charge in [0.2, 0.25) is 0 Å². The summed E-state index contributed by atoms with van der Waals surface area (Å²) in [6.07, 6.45) is 5.70. The molecule has 1 aliphatic heterocycles. The van der Waals surface area contributed by atoms with Gasteiger partial charge in [-0.05, 0) is 50.1 Å². The van der Waals surface area contributed by atoms with Gasteiger partial charge in [0.25, 0.3) is 5.91 Å². The molecule has 3 rings (SSSR count). The van der Waals surface area contributed by atoms with Gasteiger partial charge in [-0.2, -0.15) is 0 Å². The maximum atomic E-state index is 12.4. The van der Waals surface area contributed by atoms with Crippen molar-refractivity contribution in [1.82, 2.24) is 10.6 Å². The van der Waals surface area contributed by atoms with Crippen LogP contribution in [0.1, 0.15) is 47.0 Å². The van der Waals surface area contributed by atoms with Crippen LogP contribution in [0, 0.1) is 5.92 Å². The van der Waals surface area contributed by atoms with E-state index in [-0.39, 0.29) is 18.3 Å². The number of fused-ring (bicyclic) bond motifs is 1. The zero-order valence-corrected chi connectivity index (χ0v) is 13.5. The highest BCUT2D eigenvalue weighted by molar-refractivity contribution is 7.10. The SMILES string of the molecule is CC1CCc2c(C(=O)NC3CCCNC3)csc2C1.Cl. The average molecular weight is 315 g/mol. The predicted octanol–water partition coefficient (Wildman–Crippen LogP) is 2.78. The van der Waals surface area contributed by atoms with E-state index in [2.05, 4.69) is 22.9 Å². The summed E-state index contributed by atoms with van der Waals surface area (Å²) in [5.41, 5.74) is 2.27. The molecule has 2 atom stereocenters. The van der Waals surface area contributed by atoms with Gasteiger partial charge in [-0.1, -0.05) is 6.92 Å². The van der Waals surface area contributed by atoms with Crippen molar-refractivity contribution in [3.63, 3.8) is 0 Å². The van der Waals surface area contributed by atoms with E-state index >= 15 is 0 Å². The Balaban J connectivity index is 0.00000147. The molecule has 0 spiro atoms. The Kier molecular flexibility index (Phi) is 5.47. The molecule has 2 heterocycles. The number of thiophene rings is 1. The molecule has 1 aromatic rings. The summed E-state index contributed by atoms with van der Waals surface area (Å²) in [4.78, 5) is 13.8. The standard InChI is InChI=1S/C15H22N2OS.ClH/c1-10-4-5-12-13(9-19-14(12)7-10)15(18)17-11-3-2-6-16-8-11;/h9-11,16H,2-8H2,1H3,(H,17,18);1H. The topological polar surface area (TPSA) is 41.1 Å². The van der Waals surface area contributed by atoms with Gasteiger partial charge in [0.15, 0.2) is 0 Å². The molecule has 2 aliphatic rings. The Hall–Kier alpha value is -0.580. The predicted molar refractivity (Wildman–Crippen MR) is 86.1 cm³/mol. The Labute approximate surface area is 130 Å². The minimum atomic E-state index is 0. The number of halogens is 1. The molecule has 1 aromatic heterocycles. The van der Waals surface area contributed by atoms with Crippen LogP contribution in [-0.4, -0.2) is 25.0 Å². The van der Waals surface area contributed by atoms with Gasteiger partial charge in [-0.25, -0.2) is 0 Å². The second-order valence-corrected chi connectivity index (χ2v) is 6.88. The molecule has 2 unspecified atom stereocenters. The fraction of sp³-hybridized carbons (Fsp3) is 0.667. The first-order valence-electron chi connectivity index (χ1n) is 7.35. The van der Waals surface area contributed by atoms with E-state index in [4.69, 9.17) is 0 Å². The number of hydrogen-bond acceptors (Lipinski definition) is 3. The molecule has 5 heteroatoms. The van der Waals surface area contributed by atoms with Crippen molar-refractivity contribution in [3.8, 4) is 0 Å². The molecule has 1 fully saturated rings. The van der Waals surface area contributed by atoms with Crippen LogP contribution in [0.25, 0.3) is 0 Å². The number of carbonyl (C=O) groups is 1. The average Bonchev–Trinajstić information content (AvgIpc) is 2.82. The first-order valence-corrected chi connectivity index (χ1v) is 8.23. The minimum Gasteiger partial charge on any atom is -0.348 e. The quantitative estimate of drug-likeness (QED) is 0.881. The maximum Gasteiger partial charge on any atom is 0.252 e.